The fourth-order valence-electron chi connectivity index (χ4n) is 2.32. The molecule has 0 bridgehead atoms. The minimum absolute atomic E-state index is 0.0390. The minimum atomic E-state index is 0.0390. The molecule has 0 saturated heterocycles. The third-order valence-electron chi connectivity index (χ3n) is 3.17. The second-order valence-corrected chi connectivity index (χ2v) is 5.87. The Balaban J connectivity index is 2.49. The predicted molar refractivity (Wildman–Crippen MR) is 87.2 cm³/mol. The molecule has 1 atom stereocenters. The lowest BCUT2D eigenvalue weighted by atomic mass is 10.0. The number of halogens is 2. The lowest BCUT2D eigenvalue weighted by molar-refractivity contribution is 0.519. The highest BCUT2D eigenvalue weighted by Crippen LogP contribution is 2.32. The third kappa shape index (κ3) is 3.25. The Morgan fingerprint density at radius 1 is 1.35 bits per heavy atom. The zero-order valence-electron chi connectivity index (χ0n) is 11.7. The Hall–Kier alpha value is -0.840. The van der Waals surface area contributed by atoms with Crippen molar-refractivity contribution in [2.75, 3.05) is 6.54 Å². The van der Waals surface area contributed by atoms with Crippen molar-refractivity contribution in [3.63, 3.8) is 0 Å². The normalized spacial score (nSPS) is 12.6. The van der Waals surface area contributed by atoms with Crippen LogP contribution in [0.25, 0.3) is 0 Å². The fraction of sp³-hybridized carbons (Fsp3) is 0.400. The van der Waals surface area contributed by atoms with Gasteiger partial charge >= 0.3 is 0 Å². The molecule has 0 radical (unpaired) electrons. The summed E-state index contributed by atoms with van der Waals surface area (Å²) in [7, 11) is 0. The van der Waals surface area contributed by atoms with Crippen molar-refractivity contribution < 1.29 is 0 Å². The highest BCUT2D eigenvalue weighted by atomic mass is 79.9. The molecule has 1 N–H and O–H groups in total. The van der Waals surface area contributed by atoms with Crippen molar-refractivity contribution >= 4 is 27.5 Å². The highest BCUT2D eigenvalue weighted by molar-refractivity contribution is 9.10. The molecule has 5 heteroatoms. The number of benzene rings is 1. The Kier molecular flexibility index (Phi) is 5.64. The summed E-state index contributed by atoms with van der Waals surface area (Å²) in [4.78, 5) is 0. The molecule has 2 aromatic rings. The molecule has 1 aromatic heterocycles. The van der Waals surface area contributed by atoms with Crippen LogP contribution in [-0.4, -0.2) is 16.3 Å². The van der Waals surface area contributed by atoms with Crippen molar-refractivity contribution in [1.29, 1.82) is 0 Å². The topological polar surface area (TPSA) is 29.9 Å². The first-order valence-electron chi connectivity index (χ1n) is 6.88. The van der Waals surface area contributed by atoms with Crippen molar-refractivity contribution in [3.05, 3.63) is 51.2 Å². The molecule has 0 fully saturated rings. The van der Waals surface area contributed by atoms with Gasteiger partial charge in [-0.15, -0.1) is 0 Å². The van der Waals surface area contributed by atoms with Gasteiger partial charge in [-0.1, -0.05) is 43.6 Å². The fourth-order valence-corrected chi connectivity index (χ4v) is 3.09. The van der Waals surface area contributed by atoms with Gasteiger partial charge in [0.15, 0.2) is 0 Å². The van der Waals surface area contributed by atoms with E-state index in [4.69, 9.17) is 11.6 Å². The van der Waals surface area contributed by atoms with Crippen LogP contribution in [0.5, 0.6) is 0 Å². The first-order chi connectivity index (χ1) is 9.69. The summed E-state index contributed by atoms with van der Waals surface area (Å²) >= 11 is 9.98. The number of nitrogens with zero attached hydrogens (tertiary/aromatic N) is 2. The van der Waals surface area contributed by atoms with E-state index in [9.17, 15) is 0 Å². The van der Waals surface area contributed by atoms with Gasteiger partial charge in [0.05, 0.1) is 22.4 Å². The van der Waals surface area contributed by atoms with Crippen molar-refractivity contribution in [2.24, 2.45) is 0 Å². The van der Waals surface area contributed by atoms with Gasteiger partial charge in [0.2, 0.25) is 0 Å². The quantitative estimate of drug-likeness (QED) is 0.831. The number of nitrogens with one attached hydrogen (secondary N) is 1. The van der Waals surface area contributed by atoms with E-state index in [1.165, 1.54) is 0 Å². The molecule has 0 amide bonds. The van der Waals surface area contributed by atoms with E-state index in [1.54, 1.807) is 0 Å². The van der Waals surface area contributed by atoms with E-state index in [0.29, 0.717) is 0 Å². The summed E-state index contributed by atoms with van der Waals surface area (Å²) in [6, 6.07) is 7.99. The average Bonchev–Trinajstić information content (AvgIpc) is 2.79. The van der Waals surface area contributed by atoms with Crippen molar-refractivity contribution in [2.45, 2.75) is 32.9 Å². The maximum absolute atomic E-state index is 6.37. The van der Waals surface area contributed by atoms with Crippen LogP contribution in [0.15, 0.2) is 34.9 Å². The van der Waals surface area contributed by atoms with Crippen molar-refractivity contribution in [1.82, 2.24) is 15.1 Å². The third-order valence-corrected chi connectivity index (χ3v) is 4.12. The molecule has 0 aliphatic carbocycles. The first-order valence-corrected chi connectivity index (χ1v) is 8.05. The Labute approximate surface area is 133 Å². The molecule has 1 heterocycles. The van der Waals surface area contributed by atoms with Crippen LogP contribution in [-0.2, 0) is 6.54 Å². The molecule has 108 valence electrons. The smallest absolute Gasteiger partial charge is 0.0774 e. The van der Waals surface area contributed by atoms with Crippen LogP contribution in [0.1, 0.15) is 37.6 Å². The van der Waals surface area contributed by atoms with Gasteiger partial charge in [0.1, 0.15) is 0 Å². The van der Waals surface area contributed by atoms with Gasteiger partial charge < -0.3 is 5.32 Å². The van der Waals surface area contributed by atoms with Gasteiger partial charge in [-0.05, 0) is 40.5 Å². The van der Waals surface area contributed by atoms with Gasteiger partial charge in [-0.2, -0.15) is 5.10 Å². The zero-order valence-corrected chi connectivity index (χ0v) is 14.1. The minimum Gasteiger partial charge on any atom is -0.305 e. The van der Waals surface area contributed by atoms with E-state index >= 15 is 0 Å². The number of aryl methyl sites for hydroxylation is 1. The van der Waals surface area contributed by atoms with E-state index < -0.39 is 0 Å². The maximum atomic E-state index is 6.37. The van der Waals surface area contributed by atoms with Gasteiger partial charge in [-0.25, -0.2) is 0 Å². The van der Waals surface area contributed by atoms with Crippen molar-refractivity contribution in [3.8, 4) is 0 Å². The van der Waals surface area contributed by atoms with E-state index in [-0.39, 0.29) is 6.04 Å². The molecular weight excluding hydrogens is 338 g/mol. The molecule has 0 aliphatic rings. The summed E-state index contributed by atoms with van der Waals surface area (Å²) in [6.45, 7) is 6.00. The summed E-state index contributed by atoms with van der Waals surface area (Å²) in [6.07, 6.45) is 2.90. The lowest BCUT2D eigenvalue weighted by Crippen LogP contribution is -2.25. The van der Waals surface area contributed by atoms with Crippen LogP contribution in [0.3, 0.4) is 0 Å². The van der Waals surface area contributed by atoms with Crippen LogP contribution in [0.2, 0.25) is 5.02 Å². The van der Waals surface area contributed by atoms with E-state index in [0.717, 1.165) is 40.3 Å². The standard InChI is InChI=1S/C15H19BrClN3/c1-3-9-20-15(12(16)10-19-20)14(18-4-2)11-7-5-6-8-13(11)17/h5-8,10,14,18H,3-4,9H2,1-2H3. The largest absolute Gasteiger partial charge is 0.305 e. The average molecular weight is 357 g/mol. The number of rotatable bonds is 6. The van der Waals surface area contributed by atoms with Gasteiger partial charge in [-0.3, -0.25) is 4.68 Å². The van der Waals surface area contributed by atoms with Crippen LogP contribution >= 0.6 is 27.5 Å². The Morgan fingerprint density at radius 2 is 2.10 bits per heavy atom. The molecule has 1 aromatic carbocycles. The second-order valence-electron chi connectivity index (χ2n) is 4.61. The zero-order chi connectivity index (χ0) is 14.5. The second kappa shape index (κ2) is 7.25. The first kappa shape index (κ1) is 15.5. The lowest BCUT2D eigenvalue weighted by Gasteiger charge is -2.21. The highest BCUT2D eigenvalue weighted by Gasteiger charge is 2.22. The molecule has 2 rings (SSSR count). The Morgan fingerprint density at radius 3 is 2.75 bits per heavy atom. The Bertz CT molecular complexity index is 568. The summed E-state index contributed by atoms with van der Waals surface area (Å²) in [5, 5.41) is 8.73. The summed E-state index contributed by atoms with van der Waals surface area (Å²) in [5.74, 6) is 0. The van der Waals surface area contributed by atoms with Gasteiger partial charge in [0.25, 0.3) is 0 Å². The SMILES string of the molecule is CCCn1ncc(Br)c1C(NCC)c1ccccc1Cl. The van der Waals surface area contributed by atoms with Crippen LogP contribution < -0.4 is 5.32 Å². The molecular formula is C15H19BrClN3. The molecule has 1 unspecified atom stereocenters. The number of hydrogen-bond acceptors (Lipinski definition) is 2. The number of aromatic nitrogens is 2. The van der Waals surface area contributed by atoms with E-state index in [1.807, 2.05) is 29.1 Å². The van der Waals surface area contributed by atoms with Crippen LogP contribution in [0.4, 0.5) is 0 Å². The molecule has 0 aliphatic heterocycles. The van der Waals surface area contributed by atoms with Gasteiger partial charge in [0, 0.05) is 11.6 Å². The predicted octanol–water partition coefficient (Wildman–Crippen LogP) is 4.41. The molecule has 3 nitrogen and oxygen atoms in total. The number of hydrogen-bond donors (Lipinski definition) is 1. The molecule has 0 saturated carbocycles. The maximum Gasteiger partial charge on any atom is 0.0774 e. The summed E-state index contributed by atoms with van der Waals surface area (Å²) in [5.41, 5.74) is 2.20. The van der Waals surface area contributed by atoms with E-state index in [2.05, 4.69) is 46.3 Å². The monoisotopic (exact) mass is 355 g/mol. The van der Waals surface area contributed by atoms with Crippen LogP contribution in [0, 0.1) is 0 Å². The molecule has 20 heavy (non-hydrogen) atoms. The molecule has 0 spiro atoms. The summed E-state index contributed by atoms with van der Waals surface area (Å²) < 4.78 is 3.05.